The Hall–Kier alpha value is -2.35. The SMILES string of the molecule is CC=Cc1cccc(C=O)c1OCc1ccccc1. The van der Waals surface area contributed by atoms with Gasteiger partial charge in [-0.2, -0.15) is 0 Å². The van der Waals surface area contributed by atoms with Gasteiger partial charge < -0.3 is 4.74 Å². The molecule has 0 N–H and O–H groups in total. The molecule has 2 aromatic carbocycles. The van der Waals surface area contributed by atoms with Gasteiger partial charge >= 0.3 is 0 Å². The van der Waals surface area contributed by atoms with E-state index in [1.807, 2.05) is 61.5 Å². The number of hydrogen-bond acceptors (Lipinski definition) is 2. The van der Waals surface area contributed by atoms with Crippen LogP contribution in [0.15, 0.2) is 54.6 Å². The molecule has 0 spiro atoms. The van der Waals surface area contributed by atoms with Gasteiger partial charge in [0.15, 0.2) is 6.29 Å². The van der Waals surface area contributed by atoms with Gasteiger partial charge in [0.05, 0.1) is 5.56 Å². The Labute approximate surface area is 113 Å². The van der Waals surface area contributed by atoms with E-state index >= 15 is 0 Å². The van der Waals surface area contributed by atoms with Crippen molar-refractivity contribution in [3.05, 3.63) is 71.3 Å². The molecule has 2 rings (SSSR count). The highest BCUT2D eigenvalue weighted by Crippen LogP contribution is 2.25. The summed E-state index contributed by atoms with van der Waals surface area (Å²) in [5, 5.41) is 0. The molecule has 0 aliphatic heterocycles. The Morgan fingerprint density at radius 1 is 1.00 bits per heavy atom. The summed E-state index contributed by atoms with van der Waals surface area (Å²) in [6.07, 6.45) is 4.69. The summed E-state index contributed by atoms with van der Waals surface area (Å²) in [7, 11) is 0. The maximum atomic E-state index is 11.1. The predicted octanol–water partition coefficient (Wildman–Crippen LogP) is 4.11. The number of benzene rings is 2. The number of para-hydroxylation sites is 1. The lowest BCUT2D eigenvalue weighted by Gasteiger charge is -2.11. The summed E-state index contributed by atoms with van der Waals surface area (Å²) < 4.78 is 5.82. The van der Waals surface area contributed by atoms with Crippen molar-refractivity contribution >= 4 is 12.4 Å². The summed E-state index contributed by atoms with van der Waals surface area (Å²) >= 11 is 0. The third kappa shape index (κ3) is 3.32. The zero-order valence-corrected chi connectivity index (χ0v) is 10.9. The zero-order valence-electron chi connectivity index (χ0n) is 10.9. The molecule has 0 saturated carbocycles. The van der Waals surface area contributed by atoms with Crippen LogP contribution in [0.5, 0.6) is 5.75 Å². The fourth-order valence-electron chi connectivity index (χ4n) is 1.87. The van der Waals surface area contributed by atoms with Crippen molar-refractivity contribution < 1.29 is 9.53 Å². The maximum absolute atomic E-state index is 11.1. The minimum Gasteiger partial charge on any atom is -0.488 e. The van der Waals surface area contributed by atoms with E-state index in [1.165, 1.54) is 0 Å². The van der Waals surface area contributed by atoms with Crippen LogP contribution in [-0.2, 0) is 6.61 Å². The Balaban J connectivity index is 2.25. The van der Waals surface area contributed by atoms with Crippen LogP contribution in [0.2, 0.25) is 0 Å². The van der Waals surface area contributed by atoms with Gasteiger partial charge in [-0.15, -0.1) is 0 Å². The first-order chi connectivity index (χ1) is 9.35. The summed E-state index contributed by atoms with van der Waals surface area (Å²) in [6.45, 7) is 2.39. The third-order valence-electron chi connectivity index (χ3n) is 2.78. The van der Waals surface area contributed by atoms with Gasteiger partial charge in [0, 0.05) is 5.56 Å². The van der Waals surface area contributed by atoms with E-state index in [-0.39, 0.29) is 0 Å². The number of ether oxygens (including phenoxy) is 1. The summed E-state index contributed by atoms with van der Waals surface area (Å²) in [5.41, 5.74) is 2.57. The van der Waals surface area contributed by atoms with Crippen molar-refractivity contribution in [2.24, 2.45) is 0 Å². The molecule has 0 aromatic heterocycles. The van der Waals surface area contributed by atoms with Gasteiger partial charge in [0.1, 0.15) is 12.4 Å². The van der Waals surface area contributed by atoms with Crippen molar-refractivity contribution in [2.45, 2.75) is 13.5 Å². The lowest BCUT2D eigenvalue weighted by Crippen LogP contribution is -2.00. The minimum atomic E-state index is 0.455. The topological polar surface area (TPSA) is 26.3 Å². The first kappa shape index (κ1) is 13.1. The average Bonchev–Trinajstić information content (AvgIpc) is 2.47. The third-order valence-corrected chi connectivity index (χ3v) is 2.78. The highest BCUT2D eigenvalue weighted by molar-refractivity contribution is 5.82. The summed E-state index contributed by atoms with van der Waals surface area (Å²) in [6, 6.07) is 15.5. The van der Waals surface area contributed by atoms with Crippen LogP contribution >= 0.6 is 0 Å². The molecule has 0 aliphatic carbocycles. The van der Waals surface area contributed by atoms with Gasteiger partial charge in [-0.05, 0) is 18.6 Å². The number of aldehydes is 1. The van der Waals surface area contributed by atoms with Gasteiger partial charge in [-0.1, -0.05) is 54.6 Å². The van der Waals surface area contributed by atoms with Crippen LogP contribution in [0.25, 0.3) is 6.08 Å². The highest BCUT2D eigenvalue weighted by Gasteiger charge is 2.07. The van der Waals surface area contributed by atoms with Crippen molar-refractivity contribution in [1.29, 1.82) is 0 Å². The average molecular weight is 252 g/mol. The number of hydrogen-bond donors (Lipinski definition) is 0. The quantitative estimate of drug-likeness (QED) is 0.748. The smallest absolute Gasteiger partial charge is 0.153 e. The molecular formula is C17H16O2. The summed E-state index contributed by atoms with van der Waals surface area (Å²) in [4.78, 5) is 11.1. The van der Waals surface area contributed by atoms with E-state index in [0.29, 0.717) is 17.9 Å². The first-order valence-corrected chi connectivity index (χ1v) is 6.22. The van der Waals surface area contributed by atoms with Crippen molar-refractivity contribution in [1.82, 2.24) is 0 Å². The van der Waals surface area contributed by atoms with Crippen LogP contribution < -0.4 is 4.74 Å². The number of carbonyl (C=O) groups excluding carboxylic acids is 1. The molecule has 19 heavy (non-hydrogen) atoms. The molecule has 96 valence electrons. The largest absolute Gasteiger partial charge is 0.488 e. The monoisotopic (exact) mass is 252 g/mol. The fraction of sp³-hybridized carbons (Fsp3) is 0.118. The van der Waals surface area contributed by atoms with Gasteiger partial charge in [-0.3, -0.25) is 4.79 Å². The van der Waals surface area contributed by atoms with E-state index in [4.69, 9.17) is 4.74 Å². The molecule has 2 aromatic rings. The van der Waals surface area contributed by atoms with Crippen LogP contribution in [0, 0.1) is 0 Å². The van der Waals surface area contributed by atoms with Crippen LogP contribution in [0.1, 0.15) is 28.4 Å². The Bertz CT molecular complexity index is 571. The van der Waals surface area contributed by atoms with Crippen LogP contribution in [0.4, 0.5) is 0 Å². The van der Waals surface area contributed by atoms with Gasteiger partial charge in [0.2, 0.25) is 0 Å². The minimum absolute atomic E-state index is 0.455. The standard InChI is InChI=1S/C17H16O2/c1-2-7-15-10-6-11-16(12-18)17(15)19-13-14-8-4-3-5-9-14/h2-12H,13H2,1H3. The molecule has 2 heteroatoms. The Morgan fingerprint density at radius 2 is 1.74 bits per heavy atom. The van der Waals surface area contributed by atoms with E-state index < -0.39 is 0 Å². The molecule has 0 fully saturated rings. The number of rotatable bonds is 5. The normalized spacial score (nSPS) is 10.6. The first-order valence-electron chi connectivity index (χ1n) is 6.22. The maximum Gasteiger partial charge on any atom is 0.153 e. The lowest BCUT2D eigenvalue weighted by atomic mass is 10.1. The van der Waals surface area contributed by atoms with E-state index in [1.54, 1.807) is 6.07 Å². The van der Waals surface area contributed by atoms with E-state index in [9.17, 15) is 4.79 Å². The number of allylic oxidation sites excluding steroid dienone is 1. The van der Waals surface area contributed by atoms with Gasteiger partial charge in [0.25, 0.3) is 0 Å². The van der Waals surface area contributed by atoms with E-state index in [0.717, 1.165) is 17.4 Å². The molecule has 0 radical (unpaired) electrons. The Morgan fingerprint density at radius 3 is 2.42 bits per heavy atom. The zero-order chi connectivity index (χ0) is 13.5. The molecule has 2 nitrogen and oxygen atoms in total. The fourth-order valence-corrected chi connectivity index (χ4v) is 1.87. The van der Waals surface area contributed by atoms with Crippen molar-refractivity contribution in [3.63, 3.8) is 0 Å². The molecule has 0 saturated heterocycles. The van der Waals surface area contributed by atoms with Crippen LogP contribution in [0.3, 0.4) is 0 Å². The van der Waals surface area contributed by atoms with Crippen molar-refractivity contribution in [2.75, 3.05) is 0 Å². The molecular weight excluding hydrogens is 236 g/mol. The van der Waals surface area contributed by atoms with Crippen molar-refractivity contribution in [3.8, 4) is 5.75 Å². The van der Waals surface area contributed by atoms with Gasteiger partial charge in [-0.25, -0.2) is 0 Å². The summed E-state index contributed by atoms with van der Waals surface area (Å²) in [5.74, 6) is 0.638. The lowest BCUT2D eigenvalue weighted by molar-refractivity contribution is 0.111. The molecule has 0 bridgehead atoms. The number of carbonyl (C=O) groups is 1. The molecule has 0 amide bonds. The second kappa shape index (κ2) is 6.55. The van der Waals surface area contributed by atoms with E-state index in [2.05, 4.69) is 0 Å². The second-order valence-electron chi connectivity index (χ2n) is 4.16. The van der Waals surface area contributed by atoms with Crippen LogP contribution in [-0.4, -0.2) is 6.29 Å². The molecule has 0 atom stereocenters. The second-order valence-corrected chi connectivity index (χ2v) is 4.16. The molecule has 0 heterocycles. The molecule has 0 aliphatic rings. The Kier molecular flexibility index (Phi) is 4.51. The molecule has 0 unspecified atom stereocenters. The predicted molar refractivity (Wildman–Crippen MR) is 77.3 cm³/mol. The highest BCUT2D eigenvalue weighted by atomic mass is 16.5.